The van der Waals surface area contributed by atoms with Gasteiger partial charge in [0.25, 0.3) is 0 Å². The first-order chi connectivity index (χ1) is 3.88. The fraction of sp³-hybridized carbons (Fsp3) is 1.00. The van der Waals surface area contributed by atoms with E-state index >= 15 is 0 Å². The molecule has 0 bridgehead atoms. The van der Waals surface area contributed by atoms with Gasteiger partial charge in [0.15, 0.2) is 11.3 Å². The predicted molar refractivity (Wildman–Crippen MR) is 33.7 cm³/mol. The standard InChI is InChI=1S/C6H10OP/c7-8(5-1-2-5)6-3-4-6/h5-6H,1-4H2/q+1. The lowest BCUT2D eigenvalue weighted by Gasteiger charge is -1.72. The van der Waals surface area contributed by atoms with E-state index in [-0.39, 0.29) is 0 Å². The molecule has 0 saturated heterocycles. The van der Waals surface area contributed by atoms with Gasteiger partial charge in [-0.25, -0.2) is 0 Å². The molecule has 2 heteroatoms. The third-order valence-electron chi connectivity index (χ3n) is 1.81. The van der Waals surface area contributed by atoms with E-state index in [1.807, 2.05) is 0 Å². The molecule has 1 nitrogen and oxygen atoms in total. The summed E-state index contributed by atoms with van der Waals surface area (Å²) in [5.41, 5.74) is 1.33. The van der Waals surface area contributed by atoms with Crippen molar-refractivity contribution in [1.82, 2.24) is 0 Å². The molecule has 0 aliphatic heterocycles. The second kappa shape index (κ2) is 1.54. The topological polar surface area (TPSA) is 17.1 Å². The van der Waals surface area contributed by atoms with E-state index in [4.69, 9.17) is 0 Å². The van der Waals surface area contributed by atoms with Crippen LogP contribution in [0.15, 0.2) is 0 Å². The first kappa shape index (κ1) is 4.93. The first-order valence-electron chi connectivity index (χ1n) is 3.33. The molecule has 0 amide bonds. The lowest BCUT2D eigenvalue weighted by Crippen LogP contribution is -1.76. The molecule has 0 aromatic carbocycles. The predicted octanol–water partition coefficient (Wildman–Crippen LogP) is 2.14. The molecule has 2 aliphatic rings. The van der Waals surface area contributed by atoms with Gasteiger partial charge in [-0.3, -0.25) is 0 Å². The van der Waals surface area contributed by atoms with E-state index in [1.54, 1.807) is 0 Å². The van der Waals surface area contributed by atoms with Crippen LogP contribution in [-0.4, -0.2) is 11.3 Å². The van der Waals surface area contributed by atoms with Crippen LogP contribution >= 0.6 is 7.80 Å². The minimum Gasteiger partial charge on any atom is -0.0742 e. The first-order valence-corrected chi connectivity index (χ1v) is 4.73. The minimum absolute atomic E-state index is 0.664. The van der Waals surface area contributed by atoms with Gasteiger partial charge in [-0.2, -0.15) is 0 Å². The maximum absolute atomic E-state index is 11.1. The van der Waals surface area contributed by atoms with E-state index in [9.17, 15) is 4.57 Å². The molecule has 2 fully saturated rings. The monoisotopic (exact) mass is 129 g/mol. The van der Waals surface area contributed by atoms with Gasteiger partial charge in [0.1, 0.15) is 0 Å². The molecule has 0 aromatic heterocycles. The van der Waals surface area contributed by atoms with Crippen molar-refractivity contribution in [2.45, 2.75) is 37.0 Å². The fourth-order valence-electron chi connectivity index (χ4n) is 0.956. The van der Waals surface area contributed by atoms with Crippen molar-refractivity contribution in [3.63, 3.8) is 0 Å². The Balaban J connectivity index is 1.93. The SMILES string of the molecule is O=[P+](C1CC1)C1CC1. The average Bonchev–Trinajstić information content (AvgIpc) is 2.63. The number of hydrogen-bond donors (Lipinski definition) is 0. The Bertz CT molecular complexity index is 110. The Labute approximate surface area is 50.3 Å². The van der Waals surface area contributed by atoms with Crippen molar-refractivity contribution in [3.05, 3.63) is 0 Å². The van der Waals surface area contributed by atoms with Crippen molar-refractivity contribution in [3.8, 4) is 0 Å². The Morgan fingerprint density at radius 2 is 1.38 bits per heavy atom. The third-order valence-corrected chi connectivity index (χ3v) is 4.29. The van der Waals surface area contributed by atoms with Crippen LogP contribution in [0.4, 0.5) is 0 Å². The summed E-state index contributed by atoms with van der Waals surface area (Å²) in [5.74, 6) is 0. The summed E-state index contributed by atoms with van der Waals surface area (Å²) in [6, 6.07) is 0. The van der Waals surface area contributed by atoms with Gasteiger partial charge in [0.2, 0.25) is 0 Å². The molecule has 44 valence electrons. The Kier molecular flexibility index (Phi) is 0.949. The summed E-state index contributed by atoms with van der Waals surface area (Å²) in [7, 11) is -0.726. The molecule has 8 heavy (non-hydrogen) atoms. The average molecular weight is 129 g/mol. The van der Waals surface area contributed by atoms with Gasteiger partial charge in [-0.1, -0.05) is 4.57 Å². The molecular weight excluding hydrogens is 119 g/mol. The molecule has 0 radical (unpaired) electrons. The van der Waals surface area contributed by atoms with Gasteiger partial charge in [-0.15, -0.1) is 0 Å². The summed E-state index contributed by atoms with van der Waals surface area (Å²) < 4.78 is 11.1. The Morgan fingerprint density at radius 3 is 1.62 bits per heavy atom. The molecular formula is C6H10OP+. The van der Waals surface area contributed by atoms with E-state index in [0.29, 0.717) is 11.3 Å². The Morgan fingerprint density at radius 1 is 1.00 bits per heavy atom. The van der Waals surface area contributed by atoms with Crippen LogP contribution in [0.2, 0.25) is 0 Å². The van der Waals surface area contributed by atoms with Crippen LogP contribution < -0.4 is 0 Å². The van der Waals surface area contributed by atoms with Crippen LogP contribution in [-0.2, 0) is 4.57 Å². The summed E-state index contributed by atoms with van der Waals surface area (Å²) >= 11 is 0. The van der Waals surface area contributed by atoms with Crippen molar-refractivity contribution in [2.24, 2.45) is 0 Å². The van der Waals surface area contributed by atoms with Crippen molar-refractivity contribution in [1.29, 1.82) is 0 Å². The molecule has 2 rings (SSSR count). The van der Waals surface area contributed by atoms with E-state index in [0.717, 1.165) is 0 Å². The van der Waals surface area contributed by atoms with E-state index < -0.39 is 7.80 Å². The molecule has 0 heterocycles. The van der Waals surface area contributed by atoms with Gasteiger partial charge < -0.3 is 0 Å². The van der Waals surface area contributed by atoms with Gasteiger partial charge in [-0.05, 0) is 25.7 Å². The van der Waals surface area contributed by atoms with Crippen LogP contribution in [0.5, 0.6) is 0 Å². The lowest BCUT2D eigenvalue weighted by molar-refractivity contribution is 0.586. The van der Waals surface area contributed by atoms with Crippen molar-refractivity contribution in [2.75, 3.05) is 0 Å². The zero-order valence-corrected chi connectivity index (χ0v) is 5.73. The summed E-state index contributed by atoms with van der Waals surface area (Å²) in [4.78, 5) is 0. The maximum atomic E-state index is 11.1. The molecule has 0 N–H and O–H groups in total. The third kappa shape index (κ3) is 0.798. The lowest BCUT2D eigenvalue weighted by atomic mass is 10.9. The molecule has 0 unspecified atom stereocenters. The molecule has 0 spiro atoms. The highest BCUT2D eigenvalue weighted by molar-refractivity contribution is 7.47. The van der Waals surface area contributed by atoms with Gasteiger partial charge in [0.05, 0.1) is 0 Å². The fourth-order valence-corrected chi connectivity index (χ4v) is 2.87. The number of rotatable bonds is 2. The van der Waals surface area contributed by atoms with E-state index in [2.05, 4.69) is 0 Å². The minimum atomic E-state index is -0.726. The molecule has 0 atom stereocenters. The normalized spacial score (nSPS) is 28.0. The largest absolute Gasteiger partial charge is 0.344 e. The van der Waals surface area contributed by atoms with E-state index in [1.165, 1.54) is 25.7 Å². The van der Waals surface area contributed by atoms with Crippen molar-refractivity contribution >= 4 is 7.80 Å². The smallest absolute Gasteiger partial charge is 0.0742 e. The van der Waals surface area contributed by atoms with Crippen molar-refractivity contribution < 1.29 is 4.57 Å². The van der Waals surface area contributed by atoms with Gasteiger partial charge in [0, 0.05) is 0 Å². The summed E-state index contributed by atoms with van der Waals surface area (Å²) in [5, 5.41) is 0. The Hall–Kier alpha value is 0.100. The van der Waals surface area contributed by atoms with Crippen LogP contribution in [0, 0.1) is 0 Å². The maximum Gasteiger partial charge on any atom is 0.344 e. The second-order valence-corrected chi connectivity index (χ2v) is 5.00. The second-order valence-electron chi connectivity index (χ2n) is 2.82. The van der Waals surface area contributed by atoms with Crippen LogP contribution in [0.25, 0.3) is 0 Å². The summed E-state index contributed by atoms with van der Waals surface area (Å²) in [6.45, 7) is 0. The molecule has 2 saturated carbocycles. The highest BCUT2D eigenvalue weighted by Gasteiger charge is 2.51. The zero-order valence-electron chi connectivity index (χ0n) is 4.84. The molecule has 2 aliphatic carbocycles. The highest BCUT2D eigenvalue weighted by Crippen LogP contribution is 2.55. The highest BCUT2D eigenvalue weighted by atomic mass is 31.1. The van der Waals surface area contributed by atoms with Crippen LogP contribution in [0.1, 0.15) is 25.7 Å². The summed E-state index contributed by atoms with van der Waals surface area (Å²) in [6.07, 6.45) is 5.02. The zero-order chi connectivity index (χ0) is 5.56. The molecule has 0 aromatic rings. The van der Waals surface area contributed by atoms with Crippen LogP contribution in [0.3, 0.4) is 0 Å². The quantitative estimate of drug-likeness (QED) is 0.522. The van der Waals surface area contributed by atoms with Gasteiger partial charge >= 0.3 is 7.80 Å². The number of hydrogen-bond acceptors (Lipinski definition) is 1.